The SMILES string of the molecule is CC(C)n1ncnc1CNCCN(C)C1CC1. The van der Waals surface area contributed by atoms with Crippen LogP contribution in [0.1, 0.15) is 38.6 Å². The highest BCUT2D eigenvalue weighted by atomic mass is 15.4. The molecular weight excluding hydrogens is 214 g/mol. The van der Waals surface area contributed by atoms with Crippen LogP contribution in [0.4, 0.5) is 0 Å². The molecule has 17 heavy (non-hydrogen) atoms. The third kappa shape index (κ3) is 3.51. The van der Waals surface area contributed by atoms with Crippen molar-refractivity contribution in [2.75, 3.05) is 20.1 Å². The molecule has 0 amide bonds. The molecule has 0 bridgehead atoms. The molecule has 0 aromatic carbocycles. The molecule has 5 heteroatoms. The van der Waals surface area contributed by atoms with E-state index in [1.165, 1.54) is 12.8 Å². The predicted octanol–water partition coefficient (Wildman–Crippen LogP) is 1.04. The maximum absolute atomic E-state index is 4.28. The van der Waals surface area contributed by atoms with E-state index >= 15 is 0 Å². The lowest BCUT2D eigenvalue weighted by Gasteiger charge is -2.16. The van der Waals surface area contributed by atoms with Crippen molar-refractivity contribution in [3.8, 4) is 0 Å². The molecule has 2 rings (SSSR count). The zero-order chi connectivity index (χ0) is 12.3. The van der Waals surface area contributed by atoms with Crippen LogP contribution in [0.15, 0.2) is 6.33 Å². The Morgan fingerprint density at radius 3 is 2.94 bits per heavy atom. The van der Waals surface area contributed by atoms with Gasteiger partial charge in [0, 0.05) is 25.2 Å². The normalized spacial score (nSPS) is 16.1. The van der Waals surface area contributed by atoms with Crippen molar-refractivity contribution in [1.82, 2.24) is 25.0 Å². The van der Waals surface area contributed by atoms with Gasteiger partial charge in [0.15, 0.2) is 0 Å². The van der Waals surface area contributed by atoms with Crippen LogP contribution >= 0.6 is 0 Å². The van der Waals surface area contributed by atoms with Gasteiger partial charge in [-0.1, -0.05) is 0 Å². The number of likely N-dealkylation sites (N-methyl/N-ethyl adjacent to an activating group) is 1. The molecule has 1 fully saturated rings. The monoisotopic (exact) mass is 237 g/mol. The average Bonchev–Trinajstić information content (AvgIpc) is 3.03. The molecule has 1 heterocycles. The minimum absolute atomic E-state index is 0.378. The summed E-state index contributed by atoms with van der Waals surface area (Å²) in [5, 5.41) is 7.65. The van der Waals surface area contributed by atoms with Crippen molar-refractivity contribution in [2.45, 2.75) is 45.3 Å². The first-order chi connectivity index (χ1) is 8.18. The van der Waals surface area contributed by atoms with Crippen molar-refractivity contribution in [1.29, 1.82) is 0 Å². The van der Waals surface area contributed by atoms with Gasteiger partial charge < -0.3 is 10.2 Å². The number of aromatic nitrogens is 3. The molecular formula is C12H23N5. The molecule has 0 spiro atoms. The zero-order valence-electron chi connectivity index (χ0n) is 11.1. The fourth-order valence-electron chi connectivity index (χ4n) is 1.99. The Bertz CT molecular complexity index is 342. The summed E-state index contributed by atoms with van der Waals surface area (Å²) in [6.07, 6.45) is 4.38. The van der Waals surface area contributed by atoms with Gasteiger partial charge in [-0.15, -0.1) is 0 Å². The fraction of sp³-hybridized carbons (Fsp3) is 0.833. The summed E-state index contributed by atoms with van der Waals surface area (Å²) in [6, 6.07) is 1.22. The number of nitrogens with zero attached hydrogens (tertiary/aromatic N) is 4. The topological polar surface area (TPSA) is 46.0 Å². The van der Waals surface area contributed by atoms with E-state index < -0.39 is 0 Å². The molecule has 1 aliphatic rings. The molecule has 0 saturated heterocycles. The number of nitrogens with one attached hydrogen (secondary N) is 1. The second kappa shape index (κ2) is 5.60. The maximum Gasteiger partial charge on any atom is 0.141 e. The Kier molecular flexibility index (Phi) is 4.12. The summed E-state index contributed by atoms with van der Waals surface area (Å²) in [5.74, 6) is 1.02. The first-order valence-corrected chi connectivity index (χ1v) is 6.48. The van der Waals surface area contributed by atoms with E-state index in [4.69, 9.17) is 0 Å². The minimum atomic E-state index is 0.378. The van der Waals surface area contributed by atoms with E-state index in [0.717, 1.165) is 31.5 Å². The predicted molar refractivity (Wildman–Crippen MR) is 67.8 cm³/mol. The number of hydrogen-bond donors (Lipinski definition) is 1. The molecule has 1 aliphatic carbocycles. The largest absolute Gasteiger partial charge is 0.309 e. The Morgan fingerprint density at radius 2 is 2.29 bits per heavy atom. The van der Waals surface area contributed by atoms with Crippen LogP contribution in [0, 0.1) is 0 Å². The van der Waals surface area contributed by atoms with Crippen molar-refractivity contribution in [3.05, 3.63) is 12.2 Å². The van der Waals surface area contributed by atoms with Crippen molar-refractivity contribution < 1.29 is 0 Å². The third-order valence-corrected chi connectivity index (χ3v) is 3.23. The first kappa shape index (κ1) is 12.5. The first-order valence-electron chi connectivity index (χ1n) is 6.48. The van der Waals surface area contributed by atoms with Gasteiger partial charge >= 0.3 is 0 Å². The van der Waals surface area contributed by atoms with Crippen LogP contribution in [-0.2, 0) is 6.54 Å². The van der Waals surface area contributed by atoms with Gasteiger partial charge in [0.05, 0.1) is 6.54 Å². The molecule has 1 saturated carbocycles. The van der Waals surface area contributed by atoms with E-state index in [1.807, 2.05) is 4.68 Å². The lowest BCUT2D eigenvalue weighted by atomic mass is 10.4. The van der Waals surface area contributed by atoms with Crippen LogP contribution in [-0.4, -0.2) is 45.8 Å². The van der Waals surface area contributed by atoms with Crippen LogP contribution in [0.2, 0.25) is 0 Å². The van der Waals surface area contributed by atoms with Crippen LogP contribution in [0.25, 0.3) is 0 Å². The summed E-state index contributed by atoms with van der Waals surface area (Å²) in [4.78, 5) is 6.71. The van der Waals surface area contributed by atoms with Gasteiger partial charge in [0.1, 0.15) is 12.2 Å². The van der Waals surface area contributed by atoms with Crippen molar-refractivity contribution >= 4 is 0 Å². The van der Waals surface area contributed by atoms with Crippen molar-refractivity contribution in [3.63, 3.8) is 0 Å². The van der Waals surface area contributed by atoms with E-state index in [0.29, 0.717) is 6.04 Å². The lowest BCUT2D eigenvalue weighted by Crippen LogP contribution is -2.31. The Balaban J connectivity index is 1.68. The van der Waals surface area contributed by atoms with Crippen molar-refractivity contribution in [2.24, 2.45) is 0 Å². The average molecular weight is 237 g/mol. The van der Waals surface area contributed by atoms with Crippen LogP contribution in [0.5, 0.6) is 0 Å². The zero-order valence-corrected chi connectivity index (χ0v) is 11.1. The van der Waals surface area contributed by atoms with E-state index in [-0.39, 0.29) is 0 Å². The summed E-state index contributed by atoms with van der Waals surface area (Å²) in [5.41, 5.74) is 0. The summed E-state index contributed by atoms with van der Waals surface area (Å²) < 4.78 is 1.97. The van der Waals surface area contributed by atoms with Gasteiger partial charge in [-0.2, -0.15) is 5.10 Å². The Hall–Kier alpha value is -0.940. The lowest BCUT2D eigenvalue weighted by molar-refractivity contribution is 0.320. The van der Waals surface area contributed by atoms with Gasteiger partial charge in [-0.05, 0) is 33.7 Å². The van der Waals surface area contributed by atoms with Gasteiger partial charge in [0.2, 0.25) is 0 Å². The van der Waals surface area contributed by atoms with Crippen LogP contribution in [0.3, 0.4) is 0 Å². The summed E-state index contributed by atoms with van der Waals surface area (Å²) >= 11 is 0. The molecule has 0 atom stereocenters. The Morgan fingerprint density at radius 1 is 1.53 bits per heavy atom. The second-order valence-corrected chi connectivity index (χ2v) is 5.10. The van der Waals surface area contributed by atoms with Gasteiger partial charge in [0.25, 0.3) is 0 Å². The minimum Gasteiger partial charge on any atom is -0.309 e. The van der Waals surface area contributed by atoms with Crippen LogP contribution < -0.4 is 5.32 Å². The molecule has 1 aromatic heterocycles. The highest BCUT2D eigenvalue weighted by molar-refractivity contribution is 4.86. The highest BCUT2D eigenvalue weighted by Gasteiger charge is 2.25. The molecule has 0 unspecified atom stereocenters. The van der Waals surface area contributed by atoms with Gasteiger partial charge in [-0.25, -0.2) is 9.67 Å². The summed E-state index contributed by atoms with van der Waals surface area (Å²) in [7, 11) is 2.20. The molecule has 1 N–H and O–H groups in total. The van der Waals surface area contributed by atoms with E-state index in [1.54, 1.807) is 6.33 Å². The smallest absolute Gasteiger partial charge is 0.141 e. The molecule has 0 aliphatic heterocycles. The fourth-order valence-corrected chi connectivity index (χ4v) is 1.99. The second-order valence-electron chi connectivity index (χ2n) is 5.10. The van der Waals surface area contributed by atoms with E-state index in [2.05, 4.69) is 41.2 Å². The van der Waals surface area contributed by atoms with Gasteiger partial charge in [-0.3, -0.25) is 0 Å². The maximum atomic E-state index is 4.28. The molecule has 5 nitrogen and oxygen atoms in total. The molecule has 0 radical (unpaired) electrons. The highest BCUT2D eigenvalue weighted by Crippen LogP contribution is 2.24. The quantitative estimate of drug-likeness (QED) is 0.720. The molecule has 1 aromatic rings. The Labute approximate surface area is 103 Å². The van der Waals surface area contributed by atoms with E-state index in [9.17, 15) is 0 Å². The number of rotatable bonds is 7. The number of hydrogen-bond acceptors (Lipinski definition) is 4. The third-order valence-electron chi connectivity index (χ3n) is 3.23. The summed E-state index contributed by atoms with van der Waals surface area (Å²) in [6.45, 7) is 7.17. The standard InChI is InChI=1S/C12H23N5/c1-10(2)17-12(14-9-15-17)8-13-6-7-16(3)11-4-5-11/h9-11,13H,4-8H2,1-3H3. The molecule has 96 valence electrons.